The molecule has 0 fully saturated rings. The monoisotopic (exact) mass is 556 g/mol. The number of hydrogen-bond acceptors (Lipinski definition) is 6. The summed E-state index contributed by atoms with van der Waals surface area (Å²) < 4.78 is 58.2. The molecule has 4 rings (SSSR count). The summed E-state index contributed by atoms with van der Waals surface area (Å²) in [7, 11) is 0. The lowest BCUT2D eigenvalue weighted by Crippen LogP contribution is -2.27. The molecule has 0 saturated heterocycles. The summed E-state index contributed by atoms with van der Waals surface area (Å²) in [6.07, 6.45) is -4.97. The topological polar surface area (TPSA) is 106 Å². The van der Waals surface area contributed by atoms with Crippen molar-refractivity contribution in [2.75, 3.05) is 5.32 Å². The Hall–Kier alpha value is -3.90. The van der Waals surface area contributed by atoms with Gasteiger partial charge in [-0.1, -0.05) is 41.4 Å². The first-order chi connectivity index (χ1) is 17.4. The van der Waals surface area contributed by atoms with Crippen LogP contribution in [0.15, 0.2) is 47.3 Å². The van der Waals surface area contributed by atoms with Crippen molar-refractivity contribution in [3.05, 3.63) is 85.9 Å². The third-order valence-electron chi connectivity index (χ3n) is 5.16. The van der Waals surface area contributed by atoms with Gasteiger partial charge in [0.05, 0.1) is 22.6 Å². The van der Waals surface area contributed by atoms with Crippen LogP contribution in [0.1, 0.15) is 21.9 Å². The Bertz CT molecular complexity index is 1590. The lowest BCUT2D eigenvalue weighted by Gasteiger charge is -2.16. The van der Waals surface area contributed by atoms with E-state index in [0.29, 0.717) is 0 Å². The van der Waals surface area contributed by atoms with Gasteiger partial charge in [-0.3, -0.25) is 14.2 Å². The van der Waals surface area contributed by atoms with Crippen LogP contribution < -0.4 is 15.6 Å². The maximum Gasteiger partial charge on any atom is 0.573 e. The van der Waals surface area contributed by atoms with Gasteiger partial charge in [-0.05, 0) is 31.2 Å². The number of pyridine rings is 1. The molecule has 192 valence electrons. The molecule has 4 aromatic rings. The van der Waals surface area contributed by atoms with Crippen LogP contribution >= 0.6 is 23.2 Å². The Morgan fingerprint density at radius 3 is 2.54 bits per heavy atom. The largest absolute Gasteiger partial charge is 0.573 e. The van der Waals surface area contributed by atoms with Crippen molar-refractivity contribution in [1.82, 2.24) is 14.5 Å². The number of rotatable bonds is 5. The van der Waals surface area contributed by atoms with Crippen molar-refractivity contribution in [3.63, 3.8) is 0 Å². The third-order valence-corrected chi connectivity index (χ3v) is 5.71. The molecule has 37 heavy (non-hydrogen) atoms. The van der Waals surface area contributed by atoms with Gasteiger partial charge in [0.25, 0.3) is 11.5 Å². The normalized spacial score (nSPS) is 11.5. The van der Waals surface area contributed by atoms with E-state index in [1.807, 2.05) is 0 Å². The average molecular weight is 557 g/mol. The van der Waals surface area contributed by atoms with Crippen molar-refractivity contribution >= 4 is 45.7 Å². The molecule has 2 aromatic heterocycles. The molecule has 2 aromatic carbocycles. The summed E-state index contributed by atoms with van der Waals surface area (Å²) in [5, 5.41) is 11.0. The SMILES string of the molecule is Cc1nc2c(F)ccc(NC(=O)c3cc(Cl)c(O)c(Cl)n3)c2c(=O)n1Cc1ccccc1OC(F)(F)F. The highest BCUT2D eigenvalue weighted by Crippen LogP contribution is 2.31. The van der Waals surface area contributed by atoms with E-state index in [0.717, 1.165) is 28.8 Å². The number of aromatic hydroxyl groups is 1. The molecule has 8 nitrogen and oxygen atoms in total. The second kappa shape index (κ2) is 9.87. The molecule has 0 spiro atoms. The molecule has 2 heterocycles. The van der Waals surface area contributed by atoms with Gasteiger partial charge < -0.3 is 15.2 Å². The van der Waals surface area contributed by atoms with Gasteiger partial charge in [0.1, 0.15) is 28.6 Å². The average Bonchev–Trinajstić information content (AvgIpc) is 2.81. The highest BCUT2D eigenvalue weighted by molar-refractivity contribution is 6.36. The maximum atomic E-state index is 14.6. The molecule has 1 amide bonds. The van der Waals surface area contributed by atoms with Gasteiger partial charge in [-0.2, -0.15) is 0 Å². The van der Waals surface area contributed by atoms with Crippen molar-refractivity contribution in [3.8, 4) is 11.5 Å². The molecule has 0 aliphatic heterocycles. The fourth-order valence-corrected chi connectivity index (χ4v) is 3.93. The van der Waals surface area contributed by atoms with Crippen molar-refractivity contribution in [1.29, 1.82) is 0 Å². The predicted octanol–water partition coefficient (Wildman–Crippen LogP) is 5.45. The van der Waals surface area contributed by atoms with E-state index in [2.05, 4.69) is 20.0 Å². The van der Waals surface area contributed by atoms with E-state index in [9.17, 15) is 32.3 Å². The number of anilines is 1. The Labute approximate surface area is 215 Å². The molecule has 0 saturated carbocycles. The molecule has 0 radical (unpaired) electrons. The summed E-state index contributed by atoms with van der Waals surface area (Å²) in [6.45, 7) is 0.984. The molecular formula is C23H14Cl2F4N4O4. The van der Waals surface area contributed by atoms with Gasteiger partial charge in [0.2, 0.25) is 0 Å². The zero-order valence-corrected chi connectivity index (χ0v) is 20.0. The Balaban J connectivity index is 1.80. The number of nitrogens with one attached hydrogen (secondary N) is 1. The number of alkyl halides is 3. The maximum absolute atomic E-state index is 14.6. The number of para-hydroxylation sites is 1. The van der Waals surface area contributed by atoms with Crippen LogP contribution in [0, 0.1) is 12.7 Å². The quantitative estimate of drug-likeness (QED) is 0.250. The van der Waals surface area contributed by atoms with Crippen LogP contribution in [-0.2, 0) is 6.54 Å². The van der Waals surface area contributed by atoms with Crippen LogP contribution in [0.5, 0.6) is 11.5 Å². The number of benzene rings is 2. The van der Waals surface area contributed by atoms with Crippen LogP contribution in [0.25, 0.3) is 10.9 Å². The van der Waals surface area contributed by atoms with Crippen LogP contribution in [-0.4, -0.2) is 31.9 Å². The van der Waals surface area contributed by atoms with E-state index in [4.69, 9.17) is 23.2 Å². The van der Waals surface area contributed by atoms with Gasteiger partial charge in [0, 0.05) is 5.56 Å². The second-order valence-corrected chi connectivity index (χ2v) is 8.37. The highest BCUT2D eigenvalue weighted by Gasteiger charge is 2.32. The second-order valence-electron chi connectivity index (χ2n) is 7.61. The summed E-state index contributed by atoms with van der Waals surface area (Å²) in [4.78, 5) is 34.0. The van der Waals surface area contributed by atoms with E-state index >= 15 is 0 Å². The van der Waals surface area contributed by atoms with E-state index < -0.39 is 46.8 Å². The van der Waals surface area contributed by atoms with Crippen LogP contribution in [0.4, 0.5) is 23.2 Å². The summed E-state index contributed by atoms with van der Waals surface area (Å²) >= 11 is 11.6. The Morgan fingerprint density at radius 2 is 1.86 bits per heavy atom. The summed E-state index contributed by atoms with van der Waals surface area (Å²) in [6, 6.07) is 8.33. The molecule has 14 heteroatoms. The van der Waals surface area contributed by atoms with Gasteiger partial charge in [0.15, 0.2) is 10.9 Å². The van der Waals surface area contributed by atoms with Gasteiger partial charge >= 0.3 is 6.36 Å². The number of aryl methyl sites for hydroxylation is 1. The lowest BCUT2D eigenvalue weighted by molar-refractivity contribution is -0.274. The third kappa shape index (κ3) is 5.44. The first-order valence-electron chi connectivity index (χ1n) is 10.3. The fraction of sp³-hybridized carbons (Fsp3) is 0.130. The molecule has 0 bridgehead atoms. The number of nitrogens with zero attached hydrogens (tertiary/aromatic N) is 3. The zero-order valence-electron chi connectivity index (χ0n) is 18.5. The molecular weight excluding hydrogens is 543 g/mol. The zero-order chi connectivity index (χ0) is 27.1. The molecule has 0 unspecified atom stereocenters. The molecule has 0 aliphatic rings. The van der Waals surface area contributed by atoms with E-state index in [1.165, 1.54) is 25.1 Å². The number of halogens is 6. The fourth-order valence-electron chi connectivity index (χ4n) is 3.50. The number of carbonyl (C=O) groups is 1. The number of carbonyl (C=O) groups excluding carboxylic acids is 1. The molecule has 0 aliphatic carbocycles. The predicted molar refractivity (Wildman–Crippen MR) is 127 cm³/mol. The van der Waals surface area contributed by atoms with E-state index in [-0.39, 0.29) is 38.7 Å². The minimum absolute atomic E-state index is 0.000420. The first kappa shape index (κ1) is 26.2. The van der Waals surface area contributed by atoms with Gasteiger partial charge in [-0.15, -0.1) is 13.2 Å². The number of fused-ring (bicyclic) bond motifs is 1. The van der Waals surface area contributed by atoms with Crippen molar-refractivity contribution in [2.24, 2.45) is 0 Å². The minimum Gasteiger partial charge on any atom is -0.504 e. The number of aromatic nitrogens is 3. The Morgan fingerprint density at radius 1 is 1.16 bits per heavy atom. The molecule has 0 atom stereocenters. The van der Waals surface area contributed by atoms with Crippen molar-refractivity contribution < 1.29 is 32.2 Å². The number of amides is 1. The van der Waals surface area contributed by atoms with E-state index in [1.54, 1.807) is 0 Å². The summed E-state index contributed by atoms with van der Waals surface area (Å²) in [5.41, 5.74) is -1.68. The van der Waals surface area contributed by atoms with Crippen LogP contribution in [0.2, 0.25) is 10.2 Å². The van der Waals surface area contributed by atoms with Crippen molar-refractivity contribution in [2.45, 2.75) is 19.8 Å². The first-order valence-corrected chi connectivity index (χ1v) is 11.0. The highest BCUT2D eigenvalue weighted by atomic mass is 35.5. The lowest BCUT2D eigenvalue weighted by atomic mass is 10.1. The molecule has 2 N–H and O–H groups in total. The standard InChI is InChI=1S/C23H14Cl2F4N4O4/c1-10-30-18-13(26)6-7-14(32-21(35)15-8-12(24)19(34)20(25)31-15)17(18)22(36)33(10)9-11-4-2-3-5-16(11)37-23(27,28)29/h2-8,34H,9H2,1H3,(H,32,35). The smallest absolute Gasteiger partial charge is 0.504 e. The number of hydrogen-bond donors (Lipinski definition) is 2. The van der Waals surface area contributed by atoms with Gasteiger partial charge in [-0.25, -0.2) is 14.4 Å². The van der Waals surface area contributed by atoms with Crippen LogP contribution in [0.3, 0.4) is 0 Å². The minimum atomic E-state index is -4.97. The Kier molecular flexibility index (Phi) is 6.98. The number of ether oxygens (including phenoxy) is 1. The summed E-state index contributed by atoms with van der Waals surface area (Å²) in [5.74, 6) is -2.83.